The van der Waals surface area contributed by atoms with Gasteiger partial charge in [-0.15, -0.1) is 0 Å². The Bertz CT molecular complexity index is 861. The smallest absolute Gasteiger partial charge is 0.364 e. The number of carbonyl (C=O) groups excluding carboxylic acids is 1. The van der Waals surface area contributed by atoms with Crippen LogP contribution in [0.2, 0.25) is 0 Å². The zero-order valence-corrected chi connectivity index (χ0v) is 20.4. The number of hydrogen-bond acceptors (Lipinski definition) is 8. The summed E-state index contributed by atoms with van der Waals surface area (Å²) in [6, 6.07) is 1.77. The molecule has 31 heavy (non-hydrogen) atoms. The number of alkyl halides is 2. The van der Waals surface area contributed by atoms with Gasteiger partial charge in [0.25, 0.3) is 17.3 Å². The Morgan fingerprint density at radius 2 is 1.71 bits per heavy atom. The highest BCUT2D eigenvalue weighted by molar-refractivity contribution is 9.09. The fourth-order valence-electron chi connectivity index (χ4n) is 2.73. The second kappa shape index (κ2) is 12.4. The maximum Gasteiger partial charge on any atom is 0.469 e. The lowest BCUT2D eigenvalue weighted by Crippen LogP contribution is -2.36. The molecule has 1 amide bonds. The Labute approximate surface area is 194 Å². The topological polar surface area (TPSA) is 177 Å². The minimum absolute atomic E-state index is 0.0656. The fourth-order valence-corrected chi connectivity index (χ4v) is 3.90. The summed E-state index contributed by atoms with van der Waals surface area (Å²) in [6.45, 7) is 1.46. The van der Waals surface area contributed by atoms with Crippen LogP contribution in [-0.2, 0) is 9.09 Å². The van der Waals surface area contributed by atoms with Crippen LogP contribution in [0.15, 0.2) is 12.1 Å². The third kappa shape index (κ3) is 8.09. The van der Waals surface area contributed by atoms with Gasteiger partial charge in [-0.2, -0.15) is 0 Å². The number of carbonyl (C=O) groups is 1. The van der Waals surface area contributed by atoms with Crippen molar-refractivity contribution in [3.63, 3.8) is 0 Å². The molecule has 16 heteroatoms. The van der Waals surface area contributed by atoms with Crippen LogP contribution in [0, 0.1) is 20.2 Å². The van der Waals surface area contributed by atoms with Crippen LogP contribution < -0.4 is 4.90 Å². The van der Waals surface area contributed by atoms with Crippen molar-refractivity contribution >= 4 is 62.7 Å². The average Bonchev–Trinajstić information content (AvgIpc) is 2.68. The standard InChI is InChI=1S/C15H21Br2N4O9P/c1-2-18(7-8-30-31(27,28)29)15(22)12-9-11(20(23)24)10-13(21(25)26)14(12)19(5-3-16)6-4-17/h9-10H,2-8H2,1H3,(H2,27,28,29). The Balaban J connectivity index is 3.58. The summed E-state index contributed by atoms with van der Waals surface area (Å²) in [5, 5.41) is 23.9. The number of nitrogens with zero attached hydrogens (tertiary/aromatic N) is 4. The zero-order chi connectivity index (χ0) is 23.8. The normalized spacial score (nSPS) is 11.3. The minimum atomic E-state index is -4.75. The SMILES string of the molecule is CCN(CCOP(=O)(O)O)C(=O)c1cc([N+](=O)[O-])cc([N+](=O)[O-])c1N(CCBr)CCBr. The number of halogens is 2. The molecule has 0 aliphatic rings. The maximum atomic E-state index is 13.2. The van der Waals surface area contributed by atoms with Gasteiger partial charge >= 0.3 is 7.82 Å². The van der Waals surface area contributed by atoms with Gasteiger partial charge in [-0.1, -0.05) is 31.9 Å². The van der Waals surface area contributed by atoms with E-state index in [9.17, 15) is 29.6 Å². The predicted octanol–water partition coefficient (Wildman–Crippen LogP) is 2.67. The van der Waals surface area contributed by atoms with Crippen LogP contribution in [-0.4, -0.2) is 73.9 Å². The molecule has 0 bridgehead atoms. The van der Waals surface area contributed by atoms with Gasteiger partial charge in [0.05, 0.1) is 28.1 Å². The molecule has 0 atom stereocenters. The van der Waals surface area contributed by atoms with E-state index in [1.807, 2.05) is 0 Å². The lowest BCUT2D eigenvalue weighted by Gasteiger charge is -2.27. The molecule has 1 aromatic rings. The number of benzene rings is 1. The Kier molecular flexibility index (Phi) is 11.0. The van der Waals surface area contributed by atoms with E-state index in [2.05, 4.69) is 36.4 Å². The van der Waals surface area contributed by atoms with E-state index < -0.39 is 41.6 Å². The number of rotatable bonds is 13. The molecule has 0 radical (unpaired) electrons. The van der Waals surface area contributed by atoms with Gasteiger partial charge in [0.1, 0.15) is 5.69 Å². The van der Waals surface area contributed by atoms with Gasteiger partial charge in [-0.25, -0.2) is 4.57 Å². The molecule has 0 aliphatic heterocycles. The molecular weight excluding hydrogens is 571 g/mol. The molecule has 0 heterocycles. The summed E-state index contributed by atoms with van der Waals surface area (Å²) in [4.78, 5) is 54.9. The van der Waals surface area contributed by atoms with E-state index >= 15 is 0 Å². The highest BCUT2D eigenvalue weighted by atomic mass is 79.9. The number of nitro groups is 2. The van der Waals surface area contributed by atoms with E-state index in [-0.39, 0.29) is 37.4 Å². The number of amides is 1. The maximum absolute atomic E-state index is 13.2. The van der Waals surface area contributed by atoms with Gasteiger partial charge in [-0.05, 0) is 6.92 Å². The summed E-state index contributed by atoms with van der Waals surface area (Å²) in [6.07, 6.45) is 0. The van der Waals surface area contributed by atoms with Gasteiger partial charge < -0.3 is 19.6 Å². The molecule has 1 aromatic carbocycles. The molecule has 0 aromatic heterocycles. The average molecular weight is 592 g/mol. The second-order valence-corrected chi connectivity index (χ2v) is 8.77. The summed E-state index contributed by atoms with van der Waals surface area (Å²) in [7, 11) is -4.75. The number of non-ortho nitro benzene ring substituents is 1. The molecular formula is C15H21Br2N4O9P. The number of hydrogen-bond donors (Lipinski definition) is 2. The van der Waals surface area contributed by atoms with Crippen LogP contribution in [0.4, 0.5) is 17.1 Å². The molecule has 0 unspecified atom stereocenters. The number of phosphoric acid groups is 1. The third-order valence-corrected chi connectivity index (χ3v) is 5.26. The number of nitro benzene ring substituents is 2. The van der Waals surface area contributed by atoms with Crippen molar-refractivity contribution in [2.45, 2.75) is 6.92 Å². The first-order chi connectivity index (χ1) is 14.5. The summed E-state index contributed by atoms with van der Waals surface area (Å²) < 4.78 is 15.2. The van der Waals surface area contributed by atoms with Crippen LogP contribution in [0.25, 0.3) is 0 Å². The van der Waals surface area contributed by atoms with Crippen molar-refractivity contribution in [3.8, 4) is 0 Å². The predicted molar refractivity (Wildman–Crippen MR) is 119 cm³/mol. The van der Waals surface area contributed by atoms with Crippen molar-refractivity contribution in [1.29, 1.82) is 0 Å². The van der Waals surface area contributed by atoms with Crippen LogP contribution in [0.3, 0.4) is 0 Å². The molecule has 0 fully saturated rings. The molecule has 2 N–H and O–H groups in total. The molecule has 1 rings (SSSR count). The molecule has 0 aliphatic carbocycles. The summed E-state index contributed by atoms with van der Waals surface area (Å²) in [5.74, 6) is -0.771. The highest BCUT2D eigenvalue weighted by Gasteiger charge is 2.32. The molecule has 0 spiro atoms. The van der Waals surface area contributed by atoms with E-state index in [1.165, 1.54) is 0 Å². The second-order valence-electron chi connectivity index (χ2n) is 5.95. The highest BCUT2D eigenvalue weighted by Crippen LogP contribution is 2.38. The van der Waals surface area contributed by atoms with E-state index in [0.29, 0.717) is 10.7 Å². The van der Waals surface area contributed by atoms with Gasteiger partial charge in [0.2, 0.25) is 0 Å². The van der Waals surface area contributed by atoms with Crippen LogP contribution >= 0.6 is 39.7 Å². The number of phosphoric ester groups is 1. The fraction of sp³-hybridized carbons (Fsp3) is 0.533. The van der Waals surface area contributed by atoms with Crippen molar-refractivity contribution in [1.82, 2.24) is 4.90 Å². The Morgan fingerprint density at radius 3 is 2.13 bits per heavy atom. The van der Waals surface area contributed by atoms with E-state index in [4.69, 9.17) is 9.79 Å². The first kappa shape index (κ1) is 27.4. The van der Waals surface area contributed by atoms with Crippen LogP contribution in [0.5, 0.6) is 0 Å². The quantitative estimate of drug-likeness (QED) is 0.150. The lowest BCUT2D eigenvalue weighted by atomic mass is 10.1. The molecule has 0 saturated heterocycles. The summed E-state index contributed by atoms with van der Waals surface area (Å²) >= 11 is 6.51. The number of likely N-dealkylation sites (N-methyl/N-ethyl adjacent to an activating group) is 1. The van der Waals surface area contributed by atoms with Gasteiger partial charge in [-0.3, -0.25) is 29.5 Å². The van der Waals surface area contributed by atoms with Crippen molar-refractivity contribution in [2.24, 2.45) is 0 Å². The van der Waals surface area contributed by atoms with Gasteiger partial charge in [0, 0.05) is 42.9 Å². The largest absolute Gasteiger partial charge is 0.469 e. The molecule has 174 valence electrons. The third-order valence-electron chi connectivity index (χ3n) is 4.03. The monoisotopic (exact) mass is 590 g/mol. The molecule has 0 saturated carbocycles. The van der Waals surface area contributed by atoms with Crippen molar-refractivity contribution < 1.29 is 33.5 Å². The van der Waals surface area contributed by atoms with Crippen molar-refractivity contribution in [3.05, 3.63) is 37.9 Å². The Morgan fingerprint density at radius 1 is 1.13 bits per heavy atom. The molecule has 13 nitrogen and oxygen atoms in total. The number of anilines is 1. The van der Waals surface area contributed by atoms with Crippen LogP contribution in [0.1, 0.15) is 17.3 Å². The minimum Gasteiger partial charge on any atom is -0.364 e. The first-order valence-corrected chi connectivity index (χ1v) is 12.6. The van der Waals surface area contributed by atoms with E-state index in [0.717, 1.165) is 17.0 Å². The Hall–Kier alpha value is -1.64. The van der Waals surface area contributed by atoms with Gasteiger partial charge in [0.15, 0.2) is 0 Å². The lowest BCUT2D eigenvalue weighted by molar-refractivity contribution is -0.393. The van der Waals surface area contributed by atoms with Crippen molar-refractivity contribution in [2.75, 3.05) is 48.3 Å². The zero-order valence-electron chi connectivity index (χ0n) is 16.3. The van der Waals surface area contributed by atoms with E-state index in [1.54, 1.807) is 11.8 Å². The first-order valence-electron chi connectivity index (χ1n) is 8.79. The summed E-state index contributed by atoms with van der Waals surface area (Å²) in [5.41, 5.74) is -1.56.